The fraction of sp³-hybridized carbons (Fsp3) is 0.500. The standard InChI is InChI=1S/C22H31N5O2S/c1-18-5-4-6-21(19(18)2)25-11-13-26(14-12-25)22-8-7-20(17-23-22)30(28,29)27-15-9-24(3)10-16-27/h4-8,17H,9-16H2,1-3H3. The van der Waals surface area contributed by atoms with Gasteiger partial charge in [-0.3, -0.25) is 0 Å². The summed E-state index contributed by atoms with van der Waals surface area (Å²) in [6, 6.07) is 10.00. The zero-order valence-corrected chi connectivity index (χ0v) is 18.9. The molecule has 8 heteroatoms. The number of aromatic nitrogens is 1. The van der Waals surface area contributed by atoms with E-state index in [0.29, 0.717) is 13.1 Å². The van der Waals surface area contributed by atoms with Crippen molar-refractivity contribution in [2.24, 2.45) is 0 Å². The number of aryl methyl sites for hydroxylation is 1. The van der Waals surface area contributed by atoms with Crippen LogP contribution in [0.1, 0.15) is 11.1 Å². The van der Waals surface area contributed by atoms with Gasteiger partial charge >= 0.3 is 0 Å². The Morgan fingerprint density at radius 2 is 1.50 bits per heavy atom. The Morgan fingerprint density at radius 3 is 2.13 bits per heavy atom. The molecule has 4 rings (SSSR count). The lowest BCUT2D eigenvalue weighted by molar-refractivity contribution is 0.222. The Labute approximate surface area is 180 Å². The van der Waals surface area contributed by atoms with Gasteiger partial charge in [0.1, 0.15) is 10.7 Å². The van der Waals surface area contributed by atoms with Crippen molar-refractivity contribution in [3.05, 3.63) is 47.7 Å². The lowest BCUT2D eigenvalue weighted by atomic mass is 10.1. The third-order valence-electron chi connectivity index (χ3n) is 6.34. The molecule has 0 amide bonds. The summed E-state index contributed by atoms with van der Waals surface area (Å²) in [5.41, 5.74) is 3.95. The highest BCUT2D eigenvalue weighted by molar-refractivity contribution is 7.89. The Hall–Kier alpha value is -2.16. The van der Waals surface area contributed by atoms with Crippen LogP contribution >= 0.6 is 0 Å². The summed E-state index contributed by atoms with van der Waals surface area (Å²) in [4.78, 5) is 11.6. The summed E-state index contributed by atoms with van der Waals surface area (Å²) >= 11 is 0. The van der Waals surface area contributed by atoms with Gasteiger partial charge in [-0.25, -0.2) is 13.4 Å². The number of nitrogens with zero attached hydrogens (tertiary/aromatic N) is 5. The molecule has 1 aromatic heterocycles. The summed E-state index contributed by atoms with van der Waals surface area (Å²) in [7, 11) is -1.45. The summed E-state index contributed by atoms with van der Waals surface area (Å²) < 4.78 is 27.3. The summed E-state index contributed by atoms with van der Waals surface area (Å²) in [6.07, 6.45) is 1.51. The minimum Gasteiger partial charge on any atom is -0.368 e. The van der Waals surface area contributed by atoms with E-state index in [2.05, 4.69) is 51.7 Å². The van der Waals surface area contributed by atoms with E-state index in [1.54, 1.807) is 10.4 Å². The van der Waals surface area contributed by atoms with Crippen molar-refractivity contribution in [3.63, 3.8) is 0 Å². The number of hydrogen-bond acceptors (Lipinski definition) is 6. The molecule has 0 bridgehead atoms. The molecule has 2 aliphatic heterocycles. The highest BCUT2D eigenvalue weighted by atomic mass is 32.2. The van der Waals surface area contributed by atoms with Crippen LogP contribution in [-0.4, -0.2) is 82.0 Å². The number of benzene rings is 1. The highest BCUT2D eigenvalue weighted by Gasteiger charge is 2.28. The second kappa shape index (κ2) is 8.53. The van der Waals surface area contributed by atoms with Gasteiger partial charge in [0.15, 0.2) is 0 Å². The van der Waals surface area contributed by atoms with Crippen LogP contribution < -0.4 is 9.80 Å². The third-order valence-corrected chi connectivity index (χ3v) is 8.22. The monoisotopic (exact) mass is 429 g/mol. The molecule has 0 spiro atoms. The van der Waals surface area contributed by atoms with Gasteiger partial charge in [-0.1, -0.05) is 12.1 Å². The number of likely N-dealkylation sites (N-methyl/N-ethyl adjacent to an activating group) is 1. The van der Waals surface area contributed by atoms with E-state index in [-0.39, 0.29) is 4.90 Å². The van der Waals surface area contributed by atoms with Crippen LogP contribution in [0.2, 0.25) is 0 Å². The second-order valence-corrected chi connectivity index (χ2v) is 10.2. The number of piperazine rings is 2. The first kappa shape index (κ1) is 21.1. The van der Waals surface area contributed by atoms with Gasteiger partial charge in [0.2, 0.25) is 10.0 Å². The number of anilines is 2. The largest absolute Gasteiger partial charge is 0.368 e. The first-order valence-electron chi connectivity index (χ1n) is 10.6. The fourth-order valence-electron chi connectivity index (χ4n) is 4.14. The average molecular weight is 430 g/mol. The van der Waals surface area contributed by atoms with Gasteiger partial charge < -0.3 is 14.7 Å². The van der Waals surface area contributed by atoms with Crippen LogP contribution in [0.3, 0.4) is 0 Å². The van der Waals surface area contributed by atoms with E-state index < -0.39 is 10.0 Å². The minimum atomic E-state index is -3.47. The lowest BCUT2D eigenvalue weighted by Gasteiger charge is -2.37. The Morgan fingerprint density at radius 1 is 0.833 bits per heavy atom. The predicted molar refractivity (Wildman–Crippen MR) is 121 cm³/mol. The van der Waals surface area contributed by atoms with E-state index in [1.807, 2.05) is 13.1 Å². The maximum atomic E-state index is 12.9. The number of rotatable bonds is 4. The molecule has 162 valence electrons. The maximum Gasteiger partial charge on any atom is 0.244 e. The average Bonchev–Trinajstić information content (AvgIpc) is 2.76. The van der Waals surface area contributed by atoms with Crippen molar-refractivity contribution in [2.45, 2.75) is 18.7 Å². The summed E-state index contributed by atoms with van der Waals surface area (Å²) in [6.45, 7) is 10.5. The number of sulfonamides is 1. The molecule has 0 aliphatic carbocycles. The molecule has 2 fully saturated rings. The number of pyridine rings is 1. The Balaban J connectivity index is 1.41. The van der Waals surface area contributed by atoms with Gasteiger partial charge in [0.25, 0.3) is 0 Å². The Bertz CT molecular complexity index is 977. The maximum absolute atomic E-state index is 12.9. The predicted octanol–water partition coefficient (Wildman–Crippen LogP) is 1.96. The van der Waals surface area contributed by atoms with E-state index in [0.717, 1.165) is 45.1 Å². The summed E-state index contributed by atoms with van der Waals surface area (Å²) in [5, 5.41) is 0. The highest BCUT2D eigenvalue weighted by Crippen LogP contribution is 2.25. The molecule has 7 nitrogen and oxygen atoms in total. The van der Waals surface area contributed by atoms with Gasteiger partial charge in [-0.05, 0) is 50.2 Å². The smallest absolute Gasteiger partial charge is 0.244 e. The molecule has 3 heterocycles. The van der Waals surface area contributed by atoms with Crippen molar-refractivity contribution in [1.82, 2.24) is 14.2 Å². The van der Waals surface area contributed by atoms with E-state index in [9.17, 15) is 8.42 Å². The zero-order chi connectivity index (χ0) is 21.3. The van der Waals surface area contributed by atoms with Crippen LogP contribution in [0, 0.1) is 13.8 Å². The van der Waals surface area contributed by atoms with Crippen LogP contribution in [0.25, 0.3) is 0 Å². The molecule has 0 saturated carbocycles. The zero-order valence-electron chi connectivity index (χ0n) is 18.1. The quantitative estimate of drug-likeness (QED) is 0.741. The van der Waals surface area contributed by atoms with Gasteiger partial charge in [0, 0.05) is 64.2 Å². The van der Waals surface area contributed by atoms with Gasteiger partial charge in [-0.2, -0.15) is 4.31 Å². The topological polar surface area (TPSA) is 60.0 Å². The molecule has 1 aromatic carbocycles. The normalized spacial score (nSPS) is 19.3. The molecule has 0 atom stereocenters. The summed E-state index contributed by atoms with van der Waals surface area (Å²) in [5.74, 6) is 0.841. The lowest BCUT2D eigenvalue weighted by Crippen LogP contribution is -2.47. The van der Waals surface area contributed by atoms with Gasteiger partial charge in [0.05, 0.1) is 0 Å². The molecular weight excluding hydrogens is 398 g/mol. The molecule has 2 aliphatic rings. The van der Waals surface area contributed by atoms with E-state index in [4.69, 9.17) is 0 Å². The van der Waals surface area contributed by atoms with Crippen LogP contribution in [0.4, 0.5) is 11.5 Å². The number of hydrogen-bond donors (Lipinski definition) is 0. The molecule has 2 aromatic rings. The second-order valence-electron chi connectivity index (χ2n) is 8.25. The molecule has 0 unspecified atom stereocenters. The Kier molecular flexibility index (Phi) is 5.99. The molecular formula is C22H31N5O2S. The van der Waals surface area contributed by atoms with Crippen molar-refractivity contribution in [2.75, 3.05) is 69.2 Å². The SMILES string of the molecule is Cc1cccc(N2CCN(c3ccc(S(=O)(=O)N4CCN(C)CC4)cn3)CC2)c1C. The fourth-order valence-corrected chi connectivity index (χ4v) is 5.51. The molecule has 30 heavy (non-hydrogen) atoms. The van der Waals surface area contributed by atoms with Crippen molar-refractivity contribution in [3.8, 4) is 0 Å². The third kappa shape index (κ3) is 4.17. The van der Waals surface area contributed by atoms with Crippen molar-refractivity contribution >= 4 is 21.5 Å². The van der Waals surface area contributed by atoms with Crippen LogP contribution in [0.5, 0.6) is 0 Å². The van der Waals surface area contributed by atoms with Crippen molar-refractivity contribution in [1.29, 1.82) is 0 Å². The minimum absolute atomic E-state index is 0.282. The molecule has 0 radical (unpaired) electrons. The molecule has 2 saturated heterocycles. The first-order chi connectivity index (χ1) is 14.4. The van der Waals surface area contributed by atoms with Crippen LogP contribution in [-0.2, 0) is 10.0 Å². The van der Waals surface area contributed by atoms with E-state index in [1.165, 1.54) is 23.0 Å². The van der Waals surface area contributed by atoms with Gasteiger partial charge in [-0.15, -0.1) is 0 Å². The van der Waals surface area contributed by atoms with Crippen molar-refractivity contribution < 1.29 is 8.42 Å². The van der Waals surface area contributed by atoms with Crippen LogP contribution in [0.15, 0.2) is 41.4 Å². The molecule has 0 N–H and O–H groups in total. The first-order valence-corrected chi connectivity index (χ1v) is 12.0. The van der Waals surface area contributed by atoms with E-state index >= 15 is 0 Å².